The van der Waals surface area contributed by atoms with E-state index in [1.54, 1.807) is 4.57 Å². The quantitative estimate of drug-likeness (QED) is 0.0541. The third kappa shape index (κ3) is 7.09. The van der Waals surface area contributed by atoms with E-state index in [-0.39, 0.29) is 0 Å². The molecule has 0 bridgehead atoms. The molecule has 48 heavy (non-hydrogen) atoms. The van der Waals surface area contributed by atoms with E-state index in [9.17, 15) is 29.6 Å². The molecule has 0 amide bonds. The van der Waals surface area contributed by atoms with Crippen molar-refractivity contribution in [2.24, 2.45) is 0 Å². The monoisotopic (exact) mass is 743 g/mol. The number of anilines is 1. The minimum absolute atomic E-state index is 0.365. The van der Waals surface area contributed by atoms with Gasteiger partial charge in [0.15, 0.2) is 47.3 Å². The maximum atomic E-state index is 11.7. The van der Waals surface area contributed by atoms with Crippen LogP contribution >= 0.6 is 39.0 Å². The molecule has 2 unspecified atom stereocenters. The van der Waals surface area contributed by atoms with Gasteiger partial charge in [-0.25, -0.2) is 29.9 Å². The highest BCUT2D eigenvalue weighted by atomic mass is 32.7. The summed E-state index contributed by atoms with van der Waals surface area (Å²) in [6.45, 7) is -0.550. The van der Waals surface area contributed by atoms with E-state index in [1.807, 2.05) is 12.2 Å². The Morgan fingerprint density at radius 3 is 1.92 bits per heavy atom. The molecule has 2 saturated heterocycles. The summed E-state index contributed by atoms with van der Waals surface area (Å²) < 4.78 is 48.6. The van der Waals surface area contributed by atoms with E-state index >= 15 is 0 Å². The zero-order valence-corrected chi connectivity index (χ0v) is 28.3. The smallest absolute Gasteiger partial charge is 0.394 e. The number of imidazole rings is 2. The zero-order chi connectivity index (χ0) is 33.9. The first-order chi connectivity index (χ1) is 23.2. The lowest BCUT2D eigenvalue weighted by molar-refractivity contribution is -0.0481. The van der Waals surface area contributed by atoms with E-state index in [0.29, 0.717) is 53.2 Å². The molecule has 2 fully saturated rings. The summed E-state index contributed by atoms with van der Waals surface area (Å²) in [6.07, 6.45) is 2.10. The van der Waals surface area contributed by atoms with Gasteiger partial charge >= 0.3 is 14.5 Å². The molecule has 0 aromatic carbocycles. The second-order valence-corrected chi connectivity index (χ2v) is 14.0. The molecular formula is C25H31N9O10P2S2+2. The summed E-state index contributed by atoms with van der Waals surface area (Å²) in [7, 11) is -4.74. The Morgan fingerprint density at radius 1 is 0.812 bits per heavy atom. The lowest BCUT2D eigenvalue weighted by Gasteiger charge is -2.16. The van der Waals surface area contributed by atoms with Crippen LogP contribution in [0.15, 0.2) is 37.5 Å². The molecule has 0 aliphatic carbocycles. The first-order valence-corrected chi connectivity index (χ1v) is 19.1. The average Bonchev–Trinajstić information content (AvgIpc) is 3.83. The summed E-state index contributed by atoms with van der Waals surface area (Å²) in [5, 5.41) is 43.4. The maximum absolute atomic E-state index is 11.7. The van der Waals surface area contributed by atoms with Crippen LogP contribution in [0.4, 0.5) is 5.82 Å². The highest BCUT2D eigenvalue weighted by Crippen LogP contribution is 2.42. The van der Waals surface area contributed by atoms with Crippen LogP contribution in [0.2, 0.25) is 0 Å². The van der Waals surface area contributed by atoms with E-state index in [1.165, 1.54) is 29.9 Å². The van der Waals surface area contributed by atoms with Crippen LogP contribution in [0.25, 0.3) is 22.3 Å². The Bertz CT molecular complexity index is 1690. The van der Waals surface area contributed by atoms with Gasteiger partial charge in [0.05, 0.1) is 31.6 Å². The van der Waals surface area contributed by atoms with E-state index in [4.69, 9.17) is 18.5 Å². The molecule has 2 aliphatic heterocycles. The highest BCUT2D eigenvalue weighted by Gasteiger charge is 2.51. The van der Waals surface area contributed by atoms with Crippen LogP contribution in [0, 0.1) is 0 Å². The number of rotatable bonds is 14. The van der Waals surface area contributed by atoms with Gasteiger partial charge in [0, 0.05) is 6.54 Å². The SMILES string of the molecule is O=[P+](S)O[C@@H]1[C@H](O)[C@@H](CO)O[C@H]1n1cnc2c(CC/C=C/CNc3ncnc4c3ncn4[C@@H]3O[C@H](CO)[C@@H](O)[C@H]3O[P+](=O)S)ncnc21. The second-order valence-electron chi connectivity index (χ2n) is 10.7. The van der Waals surface area contributed by atoms with E-state index < -0.39 is 76.8 Å². The molecule has 2 aliphatic rings. The molecule has 0 radical (unpaired) electrons. The number of thiol groups is 2. The van der Waals surface area contributed by atoms with Gasteiger partial charge in [-0.2, -0.15) is 0 Å². The molecule has 0 spiro atoms. The van der Waals surface area contributed by atoms with Gasteiger partial charge in [-0.1, -0.05) is 12.2 Å². The zero-order valence-electron chi connectivity index (χ0n) is 24.7. The van der Waals surface area contributed by atoms with Crippen LogP contribution in [0.3, 0.4) is 0 Å². The number of nitrogens with one attached hydrogen (secondary N) is 1. The third-order valence-electron chi connectivity index (χ3n) is 7.85. The molecule has 23 heteroatoms. The number of hydrogen-bond acceptors (Lipinski definition) is 17. The summed E-state index contributed by atoms with van der Waals surface area (Å²) in [5.74, 6) is 0.439. The molecule has 5 N–H and O–H groups in total. The van der Waals surface area contributed by atoms with Crippen molar-refractivity contribution >= 4 is 67.1 Å². The number of fused-ring (bicyclic) bond motifs is 2. The molecule has 10 atom stereocenters. The Kier molecular flexibility index (Phi) is 11.3. The van der Waals surface area contributed by atoms with Gasteiger partial charge < -0.3 is 35.2 Å². The summed E-state index contributed by atoms with van der Waals surface area (Å²) in [6, 6.07) is 0. The molecule has 6 heterocycles. The summed E-state index contributed by atoms with van der Waals surface area (Å²) in [5.41, 5.74) is 2.38. The third-order valence-corrected chi connectivity index (χ3v) is 9.27. The fraction of sp³-hybridized carbons (Fsp3) is 0.520. The topological polar surface area (TPSA) is 251 Å². The molecule has 4 aromatic rings. The molecule has 6 rings (SSSR count). The predicted octanol–water partition coefficient (Wildman–Crippen LogP) is 1.01. The highest BCUT2D eigenvalue weighted by molar-refractivity contribution is 8.39. The number of aliphatic hydroxyl groups is 4. The Hall–Kier alpha value is -2.78. The Labute approximate surface area is 283 Å². The van der Waals surface area contributed by atoms with E-state index in [2.05, 4.69) is 59.7 Å². The van der Waals surface area contributed by atoms with Crippen molar-refractivity contribution in [2.45, 2.75) is 61.9 Å². The minimum Gasteiger partial charge on any atom is -0.394 e. The van der Waals surface area contributed by atoms with Crippen LogP contribution in [0.1, 0.15) is 24.6 Å². The van der Waals surface area contributed by atoms with Gasteiger partial charge in [-0.3, -0.25) is 9.13 Å². The maximum Gasteiger partial charge on any atom is 0.582 e. The second kappa shape index (κ2) is 15.4. The normalized spacial score (nSPS) is 28.2. The fourth-order valence-electron chi connectivity index (χ4n) is 5.64. The van der Waals surface area contributed by atoms with Crippen molar-refractivity contribution in [3.8, 4) is 0 Å². The van der Waals surface area contributed by atoms with Crippen molar-refractivity contribution in [1.82, 2.24) is 39.0 Å². The number of hydrogen-bond donors (Lipinski definition) is 7. The minimum atomic E-state index is -2.37. The number of aliphatic hydroxyl groups excluding tert-OH is 4. The van der Waals surface area contributed by atoms with E-state index in [0.717, 1.165) is 0 Å². The summed E-state index contributed by atoms with van der Waals surface area (Å²) in [4.78, 5) is 26.1. The predicted molar refractivity (Wildman–Crippen MR) is 174 cm³/mol. The number of aromatic nitrogens is 8. The van der Waals surface area contributed by atoms with Crippen LogP contribution in [0.5, 0.6) is 0 Å². The molecule has 256 valence electrons. The molecular weight excluding hydrogens is 712 g/mol. The number of aryl methyl sites for hydroxylation is 1. The first-order valence-electron chi connectivity index (χ1n) is 14.5. The van der Waals surface area contributed by atoms with Crippen molar-refractivity contribution in [1.29, 1.82) is 0 Å². The fourth-order valence-corrected chi connectivity index (χ4v) is 7.16. The lowest BCUT2D eigenvalue weighted by atomic mass is 10.1. The molecule has 19 nitrogen and oxygen atoms in total. The van der Waals surface area contributed by atoms with Crippen molar-refractivity contribution in [3.63, 3.8) is 0 Å². The number of ether oxygens (including phenoxy) is 2. The van der Waals surface area contributed by atoms with Crippen molar-refractivity contribution in [2.75, 3.05) is 25.1 Å². The number of allylic oxidation sites excluding steroid dienone is 1. The van der Waals surface area contributed by atoms with Crippen LogP contribution < -0.4 is 5.32 Å². The Balaban J connectivity index is 1.09. The first kappa shape index (κ1) is 35.1. The average molecular weight is 744 g/mol. The van der Waals surface area contributed by atoms with Gasteiger partial charge in [-0.05, 0) is 22.0 Å². The van der Waals surface area contributed by atoms with Crippen LogP contribution in [-0.2, 0) is 34.1 Å². The Morgan fingerprint density at radius 2 is 1.35 bits per heavy atom. The standard InChI is InChI=1S/C25H29N9O10P2S2/c35-6-13-17(37)19(43-45(39)47)24(41-13)33-10-31-15-12(27-8-29-22(15)33)4-2-1-3-5-26-21-16-23(30-9-28-21)34(11-32-16)25-20(44-46(40)48)18(38)14(7-36)42-25/h1,3,8-11,13-14,17-20,24-25,35-38H,2,4-7H2,(H-2,26,28,30,39,40,47,48)/p+2/b3-1+/t13-,14-,17-,18-,19-,20-,24-,25-/m1/s1. The molecule has 4 aromatic heterocycles. The van der Waals surface area contributed by atoms with Crippen molar-refractivity contribution < 1.29 is 48.1 Å². The van der Waals surface area contributed by atoms with Crippen LogP contribution in [-0.4, -0.2) is 116 Å². The largest absolute Gasteiger partial charge is 0.582 e. The van der Waals surface area contributed by atoms with Gasteiger partial charge in [0.25, 0.3) is 0 Å². The summed E-state index contributed by atoms with van der Waals surface area (Å²) >= 11 is 7.57. The van der Waals surface area contributed by atoms with Gasteiger partial charge in [0.1, 0.15) is 67.1 Å². The van der Waals surface area contributed by atoms with Crippen molar-refractivity contribution in [3.05, 3.63) is 43.2 Å². The van der Waals surface area contributed by atoms with Gasteiger partial charge in [-0.15, -0.1) is 9.05 Å². The van der Waals surface area contributed by atoms with Gasteiger partial charge in [0.2, 0.25) is 0 Å². The number of nitrogens with zero attached hydrogens (tertiary/aromatic N) is 8. The molecule has 0 saturated carbocycles. The lowest BCUT2D eigenvalue weighted by Crippen LogP contribution is -2.34.